The second-order valence-corrected chi connectivity index (χ2v) is 5.51. The number of aliphatic hydroxyl groups excluding tert-OH is 1. The fourth-order valence-electron chi connectivity index (χ4n) is 1.76. The van der Waals surface area contributed by atoms with Crippen LogP contribution in [0.15, 0.2) is 12.1 Å². The predicted molar refractivity (Wildman–Crippen MR) is 64.1 cm³/mol. The first-order valence-corrected chi connectivity index (χ1v) is 6.29. The monoisotopic (exact) mass is 260 g/mol. The first kappa shape index (κ1) is 11.9. The van der Waals surface area contributed by atoms with Gasteiger partial charge in [0.1, 0.15) is 0 Å². The van der Waals surface area contributed by atoms with E-state index in [0.29, 0.717) is 15.8 Å². The molecule has 0 unspecified atom stereocenters. The normalized spacial score (nSPS) is 24.6. The van der Waals surface area contributed by atoms with Crippen LogP contribution in [0.25, 0.3) is 0 Å². The largest absolute Gasteiger partial charge is 0.395 e. The van der Waals surface area contributed by atoms with Gasteiger partial charge in [0.2, 0.25) is 0 Å². The van der Waals surface area contributed by atoms with Crippen molar-refractivity contribution in [2.75, 3.05) is 13.2 Å². The lowest BCUT2D eigenvalue weighted by Crippen LogP contribution is -2.35. The van der Waals surface area contributed by atoms with Crippen LogP contribution in [-0.2, 0) is 0 Å². The second-order valence-electron chi connectivity index (χ2n) is 3.80. The molecule has 1 fully saturated rings. The molecule has 1 saturated heterocycles. The van der Waals surface area contributed by atoms with E-state index in [0.717, 1.165) is 6.42 Å². The number of hydrogen-bond donors (Lipinski definition) is 3. The van der Waals surface area contributed by atoms with E-state index in [2.05, 4.69) is 10.6 Å². The Hall–Kier alpha value is -0.620. The van der Waals surface area contributed by atoms with Gasteiger partial charge in [-0.2, -0.15) is 0 Å². The number of amides is 1. The van der Waals surface area contributed by atoms with Crippen LogP contribution in [0.2, 0.25) is 4.34 Å². The molecule has 1 aromatic heterocycles. The summed E-state index contributed by atoms with van der Waals surface area (Å²) >= 11 is 7.03. The van der Waals surface area contributed by atoms with Crippen molar-refractivity contribution in [2.45, 2.75) is 18.5 Å². The molecule has 2 heterocycles. The molecule has 1 aromatic rings. The summed E-state index contributed by atoms with van der Waals surface area (Å²) < 4.78 is 0.614. The standard InChI is InChI=1S/C10H13ClN2O2S/c11-9-2-1-8(16-9)10(15)13-6-3-7(5-14)12-4-6/h1-2,6-7,12,14H,3-5H2,(H,13,15)/t6-,7+/m1/s1. The van der Waals surface area contributed by atoms with E-state index in [9.17, 15) is 4.79 Å². The highest BCUT2D eigenvalue weighted by atomic mass is 35.5. The lowest BCUT2D eigenvalue weighted by atomic mass is 10.2. The van der Waals surface area contributed by atoms with E-state index in [1.165, 1.54) is 11.3 Å². The van der Waals surface area contributed by atoms with Crippen LogP contribution in [0.1, 0.15) is 16.1 Å². The maximum absolute atomic E-state index is 11.8. The van der Waals surface area contributed by atoms with Crippen LogP contribution in [0.4, 0.5) is 0 Å². The fraction of sp³-hybridized carbons (Fsp3) is 0.500. The SMILES string of the molecule is O=C(N[C@H]1CN[C@H](CO)C1)c1ccc(Cl)s1. The van der Waals surface area contributed by atoms with Gasteiger partial charge in [-0.25, -0.2) is 0 Å². The van der Waals surface area contributed by atoms with Crippen molar-refractivity contribution in [3.05, 3.63) is 21.3 Å². The molecule has 0 spiro atoms. The summed E-state index contributed by atoms with van der Waals surface area (Å²) in [6.07, 6.45) is 0.765. The Morgan fingerprint density at radius 1 is 1.69 bits per heavy atom. The van der Waals surface area contributed by atoms with Gasteiger partial charge in [0, 0.05) is 18.6 Å². The van der Waals surface area contributed by atoms with Gasteiger partial charge < -0.3 is 15.7 Å². The molecule has 0 radical (unpaired) electrons. The van der Waals surface area contributed by atoms with E-state index in [-0.39, 0.29) is 24.6 Å². The minimum absolute atomic E-state index is 0.0884. The number of aliphatic hydroxyl groups is 1. The number of rotatable bonds is 3. The summed E-state index contributed by atoms with van der Waals surface area (Å²) in [5.41, 5.74) is 0. The molecule has 2 atom stereocenters. The molecule has 0 aromatic carbocycles. The number of thiophene rings is 1. The van der Waals surface area contributed by atoms with E-state index in [4.69, 9.17) is 16.7 Å². The van der Waals surface area contributed by atoms with Crippen LogP contribution in [-0.4, -0.2) is 36.2 Å². The van der Waals surface area contributed by atoms with Gasteiger partial charge in [-0.05, 0) is 18.6 Å². The Balaban J connectivity index is 1.89. The van der Waals surface area contributed by atoms with Crippen molar-refractivity contribution in [3.8, 4) is 0 Å². The highest BCUT2D eigenvalue weighted by Crippen LogP contribution is 2.21. The fourth-order valence-corrected chi connectivity index (χ4v) is 2.71. The zero-order valence-corrected chi connectivity index (χ0v) is 10.1. The Morgan fingerprint density at radius 2 is 2.50 bits per heavy atom. The van der Waals surface area contributed by atoms with E-state index >= 15 is 0 Å². The van der Waals surface area contributed by atoms with Gasteiger partial charge in [-0.3, -0.25) is 4.79 Å². The lowest BCUT2D eigenvalue weighted by molar-refractivity contribution is 0.0943. The number of carbonyl (C=O) groups excluding carboxylic acids is 1. The molecule has 6 heteroatoms. The number of halogens is 1. The first-order valence-electron chi connectivity index (χ1n) is 5.09. The van der Waals surface area contributed by atoms with Gasteiger partial charge >= 0.3 is 0 Å². The second kappa shape index (κ2) is 5.14. The summed E-state index contributed by atoms with van der Waals surface area (Å²) in [7, 11) is 0. The minimum atomic E-state index is -0.0951. The van der Waals surface area contributed by atoms with Gasteiger partial charge in [-0.1, -0.05) is 11.6 Å². The summed E-state index contributed by atoms with van der Waals surface area (Å²) in [4.78, 5) is 12.4. The third-order valence-corrected chi connectivity index (χ3v) is 3.80. The first-order chi connectivity index (χ1) is 7.69. The van der Waals surface area contributed by atoms with Crippen molar-refractivity contribution in [2.24, 2.45) is 0 Å². The molecule has 0 saturated carbocycles. The smallest absolute Gasteiger partial charge is 0.261 e. The Bertz CT molecular complexity index is 383. The molecule has 16 heavy (non-hydrogen) atoms. The van der Waals surface area contributed by atoms with Crippen LogP contribution in [0.3, 0.4) is 0 Å². The number of hydrogen-bond acceptors (Lipinski definition) is 4. The summed E-state index contributed by atoms with van der Waals surface area (Å²) in [6, 6.07) is 3.61. The van der Waals surface area contributed by atoms with Crippen LogP contribution < -0.4 is 10.6 Å². The molecule has 3 N–H and O–H groups in total. The van der Waals surface area contributed by atoms with Gasteiger partial charge in [0.25, 0.3) is 5.91 Å². The Labute approximate surface area is 103 Å². The zero-order valence-electron chi connectivity index (χ0n) is 8.57. The third-order valence-electron chi connectivity index (χ3n) is 2.57. The molecular formula is C10H13ClN2O2S. The molecule has 1 aliphatic heterocycles. The van der Waals surface area contributed by atoms with Crippen LogP contribution >= 0.6 is 22.9 Å². The van der Waals surface area contributed by atoms with Crippen molar-refractivity contribution in [3.63, 3.8) is 0 Å². The van der Waals surface area contributed by atoms with E-state index < -0.39 is 0 Å². The summed E-state index contributed by atoms with van der Waals surface area (Å²) in [5, 5.41) is 15.0. The Morgan fingerprint density at radius 3 is 3.06 bits per heavy atom. The predicted octanol–water partition coefficient (Wildman–Crippen LogP) is 0.854. The molecule has 1 aliphatic rings. The molecule has 0 aliphatic carbocycles. The average Bonchev–Trinajstić information content (AvgIpc) is 2.87. The highest BCUT2D eigenvalue weighted by molar-refractivity contribution is 7.17. The highest BCUT2D eigenvalue weighted by Gasteiger charge is 2.25. The van der Waals surface area contributed by atoms with E-state index in [1.54, 1.807) is 12.1 Å². The van der Waals surface area contributed by atoms with Crippen molar-refractivity contribution >= 4 is 28.8 Å². The zero-order chi connectivity index (χ0) is 11.5. The van der Waals surface area contributed by atoms with Gasteiger partial charge in [-0.15, -0.1) is 11.3 Å². The molecule has 0 bridgehead atoms. The summed E-state index contributed by atoms with van der Waals surface area (Å²) in [6.45, 7) is 0.813. The van der Waals surface area contributed by atoms with Crippen LogP contribution in [0.5, 0.6) is 0 Å². The molecule has 1 amide bonds. The molecule has 2 rings (SSSR count). The molecule has 88 valence electrons. The third kappa shape index (κ3) is 2.74. The summed E-state index contributed by atoms with van der Waals surface area (Å²) in [5.74, 6) is -0.0951. The van der Waals surface area contributed by atoms with Crippen LogP contribution in [0, 0.1) is 0 Å². The quantitative estimate of drug-likeness (QED) is 0.755. The van der Waals surface area contributed by atoms with Crippen molar-refractivity contribution < 1.29 is 9.90 Å². The lowest BCUT2D eigenvalue weighted by Gasteiger charge is -2.10. The average molecular weight is 261 g/mol. The maximum atomic E-state index is 11.8. The molecular weight excluding hydrogens is 248 g/mol. The Kier molecular flexibility index (Phi) is 3.81. The van der Waals surface area contributed by atoms with Crippen molar-refractivity contribution in [1.82, 2.24) is 10.6 Å². The van der Waals surface area contributed by atoms with Gasteiger partial charge in [0.15, 0.2) is 0 Å². The number of carbonyl (C=O) groups is 1. The maximum Gasteiger partial charge on any atom is 0.261 e. The van der Waals surface area contributed by atoms with Crippen molar-refractivity contribution in [1.29, 1.82) is 0 Å². The molecule has 4 nitrogen and oxygen atoms in total. The van der Waals surface area contributed by atoms with E-state index in [1.807, 2.05) is 0 Å². The topological polar surface area (TPSA) is 61.4 Å². The minimum Gasteiger partial charge on any atom is -0.395 e. The van der Waals surface area contributed by atoms with Gasteiger partial charge in [0.05, 0.1) is 15.8 Å². The number of nitrogens with one attached hydrogen (secondary N) is 2.